The van der Waals surface area contributed by atoms with Crippen LogP contribution in [0.5, 0.6) is 23.0 Å². The number of likely N-dealkylation sites (N-methyl/N-ethyl adjacent to an activating group) is 4. The molecule has 4 amide bonds. The number of pyridine rings is 8. The molecule has 4 aliphatic heterocycles. The molecule has 12 heterocycles. The Morgan fingerprint density at radius 2 is 0.477 bits per heavy atom. The molecule has 4 aliphatic rings. The molecule has 0 bridgehead atoms. The van der Waals surface area contributed by atoms with Gasteiger partial charge in [0.05, 0.1) is 70.1 Å². The number of carbonyl (C=O) groups excluding carboxylic acids is 4. The van der Waals surface area contributed by atoms with Gasteiger partial charge in [-0.15, -0.1) is 0 Å². The minimum absolute atomic E-state index is 0.00242. The lowest BCUT2D eigenvalue weighted by molar-refractivity contribution is -0.134. The van der Waals surface area contributed by atoms with Gasteiger partial charge in [0.15, 0.2) is 46.0 Å². The molecule has 12 aromatic rings. The van der Waals surface area contributed by atoms with Crippen molar-refractivity contribution in [2.75, 3.05) is 53.2 Å². The van der Waals surface area contributed by atoms with Gasteiger partial charge in [0.2, 0.25) is 23.8 Å². The first-order valence-electron chi connectivity index (χ1n) is 38.2. The van der Waals surface area contributed by atoms with Gasteiger partial charge in [0.1, 0.15) is 23.0 Å². The number of carbonyl (C=O) groups is 5. The second-order valence-corrected chi connectivity index (χ2v) is 35.3. The number of nitrogens with zero attached hydrogens (tertiary/aromatic N) is 16. The molecule has 4 unspecified atom stereocenters. The van der Waals surface area contributed by atoms with Crippen molar-refractivity contribution < 1.29 is 97.0 Å². The third-order valence-electron chi connectivity index (χ3n) is 19.9. The van der Waals surface area contributed by atoms with Gasteiger partial charge in [-0.05, 0) is 190 Å². The molecule has 0 saturated carbocycles. The van der Waals surface area contributed by atoms with Crippen LogP contribution in [0.4, 0.5) is 17.6 Å². The van der Waals surface area contributed by atoms with Crippen molar-refractivity contribution in [1.29, 1.82) is 0 Å². The highest BCUT2D eigenvalue weighted by atomic mass is 32.2. The number of rotatable bonds is 20. The van der Waals surface area contributed by atoms with Crippen LogP contribution in [0.3, 0.4) is 0 Å². The van der Waals surface area contributed by atoms with E-state index in [9.17, 15) is 70.4 Å². The number of hydrogen-bond acceptors (Lipinski definition) is 33. The molecule has 46 heteroatoms. The number of halogens is 4. The predicted molar refractivity (Wildman–Crippen MR) is 471 cm³/mol. The molecule has 0 saturated heterocycles. The van der Waals surface area contributed by atoms with Crippen LogP contribution in [0.25, 0.3) is 45.0 Å². The van der Waals surface area contributed by atoms with Crippen molar-refractivity contribution in [1.82, 2.24) is 59.5 Å². The molecule has 132 heavy (non-hydrogen) atoms. The van der Waals surface area contributed by atoms with Crippen LogP contribution in [0.15, 0.2) is 264 Å². The van der Waals surface area contributed by atoms with E-state index in [2.05, 4.69) is 59.8 Å². The Hall–Kier alpha value is -16.0. The maximum atomic E-state index is 14.2. The second-order valence-electron chi connectivity index (χ2n) is 29.0. The van der Waals surface area contributed by atoms with E-state index in [0.717, 1.165) is 31.9 Å². The van der Waals surface area contributed by atoms with Crippen LogP contribution < -0.4 is 39.7 Å². The number of aromatic nitrogens is 8. The molecule has 680 valence electrons. The highest BCUT2D eigenvalue weighted by Gasteiger charge is 2.54. The summed E-state index contributed by atoms with van der Waals surface area (Å²) in [5, 5.41) is 7.42. The van der Waals surface area contributed by atoms with E-state index in [4.69, 9.17) is 49.6 Å². The largest absolute Gasteiger partial charge is 0.481 e. The van der Waals surface area contributed by atoms with Crippen molar-refractivity contribution in [3.8, 4) is 68.0 Å². The van der Waals surface area contributed by atoms with E-state index in [-0.39, 0.29) is 91.9 Å². The summed E-state index contributed by atoms with van der Waals surface area (Å²) in [4.78, 5) is 117. The van der Waals surface area contributed by atoms with Gasteiger partial charge in [-0.1, -0.05) is 48.5 Å². The molecule has 38 nitrogen and oxygen atoms in total. The first kappa shape index (κ1) is 95.1. The molecular weight excluding hydrogens is 1810 g/mol. The maximum absolute atomic E-state index is 14.2. The lowest BCUT2D eigenvalue weighted by Crippen LogP contribution is -2.41. The summed E-state index contributed by atoms with van der Waals surface area (Å²) in [6.45, 7) is 1.08. The first-order valence-corrected chi connectivity index (χ1v) is 45.5. The molecule has 4 aromatic carbocycles. The number of carboxylic acids is 1. The van der Waals surface area contributed by atoms with Gasteiger partial charge in [-0.2, -0.15) is 51.2 Å². The average Bonchev–Trinajstić information content (AvgIpc) is 1.59. The SMILES string of the molecule is CC(=O)O.CN1C(=O)C(c2ccc(OS(C)(=O)=O)cc2)(c2ccnc(-c3cccnc3F)c2)N=C1N.CN1C(=O)C(c2ccc(OS(C)(=O)=O)cc2)(c2ccnc(-c3cccnc3F)c2)N=C1N.CN1C(=O)C(c2ccc(OS(C)(=O)=O)cc2)(c2ccnc(-c3cccnc3F)c2)N=C1N.CN1C(=O)C(c2ccc(OS(C)(=O)=O)cc2)(c2ccnc(-c3cccnc3F)c2)N=C1N. The van der Waals surface area contributed by atoms with Crippen LogP contribution in [0, 0.1) is 23.8 Å². The van der Waals surface area contributed by atoms with Gasteiger partial charge in [0, 0.05) is 84.7 Å². The van der Waals surface area contributed by atoms with E-state index >= 15 is 0 Å². The van der Waals surface area contributed by atoms with Gasteiger partial charge < -0.3 is 44.8 Å². The Balaban J connectivity index is 0.000000157. The first-order chi connectivity index (χ1) is 62.2. The number of carboxylic acid groups (broad SMARTS) is 1. The number of aliphatic carboxylic acids is 1. The third-order valence-corrected chi connectivity index (χ3v) is 21.9. The topological polar surface area (TPSA) is 549 Å². The number of aliphatic imine (C=N–C) groups is 4. The third kappa shape index (κ3) is 20.3. The van der Waals surface area contributed by atoms with E-state index in [1.807, 2.05) is 0 Å². The van der Waals surface area contributed by atoms with Crippen LogP contribution in [0.1, 0.15) is 51.4 Å². The quantitative estimate of drug-likeness (QED) is 0.0301. The Kier molecular flexibility index (Phi) is 27.2. The summed E-state index contributed by atoms with van der Waals surface area (Å²) in [6, 6.07) is 48.5. The van der Waals surface area contributed by atoms with Gasteiger partial charge in [-0.25, -0.2) is 39.9 Å². The van der Waals surface area contributed by atoms with E-state index in [1.165, 1.54) is 219 Å². The molecule has 0 radical (unpaired) electrons. The monoisotopic (exact) mass is 1880 g/mol. The minimum atomic E-state index is -3.72. The minimum Gasteiger partial charge on any atom is -0.481 e. The molecule has 0 aliphatic carbocycles. The fraction of sp³-hybridized carbons (Fsp3) is 0.151. The standard InChI is InChI=1S/4C21H18FN5O4S.C2H4O2/c4*1-27-19(28)21(26-20(27)23,13-5-7-15(8-6-13)31-32(2,29)30)14-9-11-24-17(12-14)16-4-3-10-25-18(16)22;1-2(3)4/h4*3-12H,1-2H3,(H2,23,26);1H3,(H,3,4). The summed E-state index contributed by atoms with van der Waals surface area (Å²) in [5.41, 5.74) is 22.6. The van der Waals surface area contributed by atoms with Crippen LogP contribution in [-0.2, 0) is 86.6 Å². The Morgan fingerprint density at radius 1 is 0.303 bits per heavy atom. The zero-order valence-electron chi connectivity index (χ0n) is 70.6. The highest BCUT2D eigenvalue weighted by molar-refractivity contribution is 7.87. The number of guanidine groups is 4. The smallest absolute Gasteiger partial charge is 0.306 e. The Bertz CT molecular complexity index is 6330. The number of benzene rings is 4. The molecule has 9 N–H and O–H groups in total. The van der Waals surface area contributed by atoms with Crippen molar-refractivity contribution in [2.45, 2.75) is 29.1 Å². The van der Waals surface area contributed by atoms with Crippen molar-refractivity contribution in [2.24, 2.45) is 42.9 Å². The highest BCUT2D eigenvalue weighted by Crippen LogP contribution is 2.46. The zero-order valence-corrected chi connectivity index (χ0v) is 73.9. The van der Waals surface area contributed by atoms with Crippen LogP contribution >= 0.6 is 0 Å². The summed E-state index contributed by atoms with van der Waals surface area (Å²) in [7, 11) is -8.90. The number of amides is 4. The average molecular weight is 1880 g/mol. The molecule has 16 rings (SSSR count). The van der Waals surface area contributed by atoms with Crippen LogP contribution in [0.2, 0.25) is 0 Å². The normalized spacial score (nSPS) is 18.2. The van der Waals surface area contributed by atoms with E-state index in [1.54, 1.807) is 72.8 Å². The van der Waals surface area contributed by atoms with Crippen LogP contribution in [-0.4, -0.2) is 205 Å². The van der Waals surface area contributed by atoms with Gasteiger partial charge in [0.25, 0.3) is 29.6 Å². The van der Waals surface area contributed by atoms with Gasteiger partial charge >= 0.3 is 40.5 Å². The maximum Gasteiger partial charge on any atom is 0.306 e. The lowest BCUT2D eigenvalue weighted by atomic mass is 9.82. The zero-order chi connectivity index (χ0) is 96.0. The fourth-order valence-corrected chi connectivity index (χ4v) is 15.8. The number of hydrogen-bond donors (Lipinski definition) is 5. The predicted octanol–water partition coefficient (Wildman–Crippen LogP) is 6.70. The Labute approximate surface area is 751 Å². The van der Waals surface area contributed by atoms with Gasteiger partial charge in [-0.3, -0.25) is 63.5 Å². The molecule has 8 aromatic heterocycles. The van der Waals surface area contributed by atoms with E-state index < -0.39 is 116 Å². The van der Waals surface area contributed by atoms with E-state index in [0.29, 0.717) is 44.5 Å². The molecule has 4 atom stereocenters. The molecule has 0 spiro atoms. The van der Waals surface area contributed by atoms with Crippen molar-refractivity contribution >= 4 is 93.9 Å². The summed E-state index contributed by atoms with van der Waals surface area (Å²) in [6.07, 6.45) is 14.8. The summed E-state index contributed by atoms with van der Waals surface area (Å²) in [5.74, 6) is -5.08. The second kappa shape index (κ2) is 37.8. The Morgan fingerprint density at radius 3 is 0.621 bits per heavy atom. The number of nitrogens with two attached hydrogens (primary N) is 4. The van der Waals surface area contributed by atoms with Crippen molar-refractivity contribution in [3.05, 3.63) is 312 Å². The molecular formula is C86H76F4N20O18S4. The molecule has 0 fully saturated rings. The lowest BCUT2D eigenvalue weighted by Gasteiger charge is -2.26. The fourth-order valence-electron chi connectivity index (χ4n) is 14.0. The van der Waals surface area contributed by atoms with Crippen molar-refractivity contribution in [3.63, 3.8) is 0 Å². The summed E-state index contributed by atoms with van der Waals surface area (Å²) >= 11 is 0. The summed E-state index contributed by atoms with van der Waals surface area (Å²) < 4.78 is 168.